The Kier molecular flexibility index (Phi) is 4.14. The molecule has 0 bridgehead atoms. The van der Waals surface area contributed by atoms with E-state index in [0.717, 1.165) is 0 Å². The number of hydrogen-bond acceptors (Lipinski definition) is 4. The number of aromatic nitrogens is 1. The first-order valence-electron chi connectivity index (χ1n) is 6.05. The van der Waals surface area contributed by atoms with Gasteiger partial charge in [0.1, 0.15) is 17.3 Å². The van der Waals surface area contributed by atoms with Crippen molar-refractivity contribution >= 4 is 17.3 Å². The van der Waals surface area contributed by atoms with Crippen LogP contribution in [0.25, 0.3) is 0 Å². The first kappa shape index (κ1) is 13.8. The van der Waals surface area contributed by atoms with Gasteiger partial charge < -0.3 is 15.8 Å². The number of halogens is 1. The largest absolute Gasteiger partial charge is 0.492 e. The summed E-state index contributed by atoms with van der Waals surface area (Å²) in [5.41, 5.74) is 6.57. The van der Waals surface area contributed by atoms with Gasteiger partial charge in [-0.3, -0.25) is 4.79 Å². The van der Waals surface area contributed by atoms with Gasteiger partial charge in [0, 0.05) is 6.07 Å². The van der Waals surface area contributed by atoms with Gasteiger partial charge >= 0.3 is 0 Å². The molecule has 2 rings (SSSR count). The molecule has 0 radical (unpaired) electrons. The number of nitrogen functional groups attached to an aromatic ring is 1. The van der Waals surface area contributed by atoms with Crippen molar-refractivity contribution in [2.75, 3.05) is 17.7 Å². The lowest BCUT2D eigenvalue weighted by Gasteiger charge is -2.11. The van der Waals surface area contributed by atoms with Gasteiger partial charge in [0.25, 0.3) is 5.91 Å². The highest BCUT2D eigenvalue weighted by molar-refractivity contribution is 6.03. The second-order valence-electron chi connectivity index (χ2n) is 4.00. The molecule has 1 aromatic carbocycles. The Labute approximate surface area is 115 Å². The molecule has 3 N–H and O–H groups in total. The highest BCUT2D eigenvalue weighted by Crippen LogP contribution is 2.25. The molecule has 0 atom stereocenters. The first-order chi connectivity index (χ1) is 9.60. The highest BCUT2D eigenvalue weighted by atomic mass is 19.1. The zero-order valence-corrected chi connectivity index (χ0v) is 10.9. The van der Waals surface area contributed by atoms with Crippen LogP contribution in [0.15, 0.2) is 36.5 Å². The molecule has 1 heterocycles. The molecule has 0 aliphatic heterocycles. The van der Waals surface area contributed by atoms with Crippen LogP contribution in [-0.2, 0) is 0 Å². The molecule has 0 unspecified atom stereocenters. The molecule has 0 spiro atoms. The summed E-state index contributed by atoms with van der Waals surface area (Å²) in [6, 6.07) is 6.99. The number of carbonyl (C=O) groups excluding carboxylic acids is 1. The van der Waals surface area contributed by atoms with E-state index < -0.39 is 11.7 Å². The summed E-state index contributed by atoms with van der Waals surface area (Å²) in [7, 11) is 0. The van der Waals surface area contributed by atoms with Crippen molar-refractivity contribution in [2.24, 2.45) is 0 Å². The number of amides is 1. The minimum atomic E-state index is -0.433. The molecule has 2 aromatic rings. The van der Waals surface area contributed by atoms with Crippen molar-refractivity contribution in [3.05, 3.63) is 48.0 Å². The summed E-state index contributed by atoms with van der Waals surface area (Å²) in [6.45, 7) is 2.14. The number of nitrogens with one attached hydrogen (secondary N) is 1. The zero-order valence-electron chi connectivity index (χ0n) is 10.9. The quantitative estimate of drug-likeness (QED) is 0.898. The van der Waals surface area contributed by atoms with Crippen LogP contribution in [0, 0.1) is 5.82 Å². The molecule has 20 heavy (non-hydrogen) atoms. The standard InChI is InChI=1S/C14H14FN3O2/c1-2-20-13-7-9(15)3-5-11(13)18-14(19)12-6-4-10(16)8-17-12/h3-8H,2,16H2,1H3,(H,18,19). The summed E-state index contributed by atoms with van der Waals surface area (Å²) in [5, 5.41) is 2.62. The average Bonchev–Trinajstić information content (AvgIpc) is 2.43. The topological polar surface area (TPSA) is 77.2 Å². The van der Waals surface area contributed by atoms with Crippen LogP contribution in [0.1, 0.15) is 17.4 Å². The third-order valence-corrected chi connectivity index (χ3v) is 2.51. The molecule has 5 nitrogen and oxygen atoms in total. The van der Waals surface area contributed by atoms with E-state index in [4.69, 9.17) is 10.5 Å². The number of rotatable bonds is 4. The minimum absolute atomic E-state index is 0.214. The number of anilines is 2. The fourth-order valence-electron chi connectivity index (χ4n) is 1.60. The minimum Gasteiger partial charge on any atom is -0.492 e. The summed E-state index contributed by atoms with van der Waals surface area (Å²) < 4.78 is 18.4. The van der Waals surface area contributed by atoms with Crippen molar-refractivity contribution < 1.29 is 13.9 Å². The lowest BCUT2D eigenvalue weighted by atomic mass is 10.2. The fraction of sp³-hybridized carbons (Fsp3) is 0.143. The fourth-order valence-corrected chi connectivity index (χ4v) is 1.60. The van der Waals surface area contributed by atoms with Gasteiger partial charge in [-0.05, 0) is 31.2 Å². The van der Waals surface area contributed by atoms with Crippen molar-refractivity contribution in [3.8, 4) is 5.75 Å². The van der Waals surface area contributed by atoms with Gasteiger partial charge in [-0.25, -0.2) is 9.37 Å². The zero-order chi connectivity index (χ0) is 14.5. The number of ether oxygens (including phenoxy) is 1. The molecule has 0 aliphatic rings. The molecule has 6 heteroatoms. The van der Waals surface area contributed by atoms with E-state index in [1.54, 1.807) is 13.0 Å². The van der Waals surface area contributed by atoms with Gasteiger partial charge in [-0.1, -0.05) is 0 Å². The molecule has 0 saturated carbocycles. The Morgan fingerprint density at radius 2 is 2.20 bits per heavy atom. The predicted octanol–water partition coefficient (Wildman–Crippen LogP) is 2.45. The van der Waals surface area contributed by atoms with Crippen molar-refractivity contribution in [1.82, 2.24) is 4.98 Å². The Morgan fingerprint density at radius 3 is 2.85 bits per heavy atom. The maximum absolute atomic E-state index is 13.2. The smallest absolute Gasteiger partial charge is 0.274 e. The van der Waals surface area contributed by atoms with E-state index in [2.05, 4.69) is 10.3 Å². The van der Waals surface area contributed by atoms with E-state index in [-0.39, 0.29) is 11.4 Å². The third kappa shape index (κ3) is 3.23. The lowest BCUT2D eigenvalue weighted by molar-refractivity contribution is 0.102. The van der Waals surface area contributed by atoms with E-state index in [0.29, 0.717) is 18.0 Å². The molecule has 104 valence electrons. The van der Waals surface area contributed by atoms with E-state index in [1.807, 2.05) is 0 Å². The Morgan fingerprint density at radius 1 is 1.40 bits per heavy atom. The van der Waals surface area contributed by atoms with E-state index in [1.165, 1.54) is 30.5 Å². The lowest BCUT2D eigenvalue weighted by Crippen LogP contribution is -2.14. The van der Waals surface area contributed by atoms with Crippen LogP contribution in [0.4, 0.5) is 15.8 Å². The SMILES string of the molecule is CCOc1cc(F)ccc1NC(=O)c1ccc(N)cn1. The Hall–Kier alpha value is -2.63. The first-order valence-corrected chi connectivity index (χ1v) is 6.05. The molecular formula is C14H14FN3O2. The summed E-state index contributed by atoms with van der Waals surface area (Å²) in [5.74, 6) is -0.578. The maximum atomic E-state index is 13.2. The number of carbonyl (C=O) groups is 1. The van der Waals surface area contributed by atoms with Crippen LogP contribution in [0.3, 0.4) is 0 Å². The van der Waals surface area contributed by atoms with Crippen molar-refractivity contribution in [2.45, 2.75) is 6.92 Å². The number of nitrogens with zero attached hydrogens (tertiary/aromatic N) is 1. The molecule has 1 amide bonds. The van der Waals surface area contributed by atoms with Crippen molar-refractivity contribution in [3.63, 3.8) is 0 Å². The maximum Gasteiger partial charge on any atom is 0.274 e. The van der Waals surface area contributed by atoms with Gasteiger partial charge in [-0.2, -0.15) is 0 Å². The van der Waals surface area contributed by atoms with E-state index in [9.17, 15) is 9.18 Å². The Balaban J connectivity index is 2.21. The number of benzene rings is 1. The van der Waals surface area contributed by atoms with Crippen LogP contribution in [-0.4, -0.2) is 17.5 Å². The second-order valence-corrected chi connectivity index (χ2v) is 4.00. The van der Waals surface area contributed by atoms with Crippen LogP contribution in [0.2, 0.25) is 0 Å². The number of nitrogens with two attached hydrogens (primary N) is 1. The summed E-state index contributed by atoms with van der Waals surface area (Å²) in [4.78, 5) is 15.9. The average molecular weight is 275 g/mol. The predicted molar refractivity (Wildman–Crippen MR) is 74.2 cm³/mol. The number of pyridine rings is 1. The van der Waals surface area contributed by atoms with Crippen LogP contribution in [0.5, 0.6) is 5.75 Å². The molecule has 0 saturated heterocycles. The van der Waals surface area contributed by atoms with Crippen molar-refractivity contribution in [1.29, 1.82) is 0 Å². The Bertz CT molecular complexity index is 614. The summed E-state index contributed by atoms with van der Waals surface area (Å²) in [6.07, 6.45) is 1.39. The second kappa shape index (κ2) is 6.01. The normalized spacial score (nSPS) is 10.1. The van der Waals surface area contributed by atoms with Gasteiger partial charge in [0.2, 0.25) is 0 Å². The van der Waals surface area contributed by atoms with Crippen LogP contribution < -0.4 is 15.8 Å². The summed E-state index contributed by atoms with van der Waals surface area (Å²) >= 11 is 0. The molecule has 1 aromatic heterocycles. The van der Waals surface area contributed by atoms with Gasteiger partial charge in [0.05, 0.1) is 24.2 Å². The number of hydrogen-bond donors (Lipinski definition) is 2. The van der Waals surface area contributed by atoms with Gasteiger partial charge in [-0.15, -0.1) is 0 Å². The molecule has 0 aliphatic carbocycles. The molecule has 0 fully saturated rings. The highest BCUT2D eigenvalue weighted by Gasteiger charge is 2.11. The third-order valence-electron chi connectivity index (χ3n) is 2.51. The van der Waals surface area contributed by atoms with Gasteiger partial charge in [0.15, 0.2) is 0 Å². The molecular weight excluding hydrogens is 261 g/mol. The van der Waals surface area contributed by atoms with E-state index >= 15 is 0 Å². The monoisotopic (exact) mass is 275 g/mol. The van der Waals surface area contributed by atoms with Crippen LogP contribution >= 0.6 is 0 Å².